The number of carbonyl (C=O) groups excluding carboxylic acids is 1. The fraction of sp³-hybridized carbons (Fsp3) is 0.115. The Morgan fingerprint density at radius 2 is 1.69 bits per heavy atom. The van der Waals surface area contributed by atoms with Crippen LogP contribution in [-0.2, 0) is 13.0 Å². The summed E-state index contributed by atoms with van der Waals surface area (Å²) < 4.78 is 75.4. The molecule has 0 aliphatic rings. The average Bonchev–Trinajstić information content (AvgIpc) is 3.28. The van der Waals surface area contributed by atoms with Crippen molar-refractivity contribution in [1.29, 1.82) is 0 Å². The van der Waals surface area contributed by atoms with Gasteiger partial charge in [-0.2, -0.15) is 19.7 Å². The number of carbonyl (C=O) groups is 1. The average molecular weight is 586 g/mol. The summed E-state index contributed by atoms with van der Waals surface area (Å²) in [5, 5.41) is 6.78. The van der Waals surface area contributed by atoms with Crippen LogP contribution in [0.4, 0.5) is 38.4 Å². The van der Waals surface area contributed by atoms with Gasteiger partial charge in [-0.3, -0.25) is 0 Å². The van der Waals surface area contributed by atoms with Crippen LogP contribution in [0.25, 0.3) is 17.0 Å². The number of halogens is 5. The van der Waals surface area contributed by atoms with Gasteiger partial charge in [0.1, 0.15) is 22.9 Å². The van der Waals surface area contributed by atoms with Crippen LogP contribution in [0.2, 0.25) is 0 Å². The van der Waals surface area contributed by atoms with Gasteiger partial charge in [-0.15, -0.1) is 13.2 Å². The van der Waals surface area contributed by atoms with Crippen molar-refractivity contribution >= 4 is 28.8 Å². The van der Waals surface area contributed by atoms with E-state index in [0.29, 0.717) is 16.8 Å². The number of hydrogen-bond acceptors (Lipinski definition) is 9. The quantitative estimate of drug-likeness (QED) is 0.235. The highest BCUT2D eigenvalue weighted by atomic mass is 19.4. The normalized spacial score (nSPS) is 11.5. The van der Waals surface area contributed by atoms with E-state index < -0.39 is 29.8 Å². The second-order valence-electron chi connectivity index (χ2n) is 8.71. The van der Waals surface area contributed by atoms with Crippen molar-refractivity contribution < 1.29 is 36.2 Å². The van der Waals surface area contributed by atoms with E-state index in [1.54, 1.807) is 18.2 Å². The molecule has 5 rings (SSSR count). The van der Waals surface area contributed by atoms with E-state index in [1.807, 2.05) is 0 Å². The van der Waals surface area contributed by atoms with Crippen LogP contribution in [-0.4, -0.2) is 37.2 Å². The first kappa shape index (κ1) is 28.0. The molecule has 16 heteroatoms. The molecule has 0 saturated carbocycles. The lowest BCUT2D eigenvalue weighted by atomic mass is 10.1. The Bertz CT molecular complexity index is 1750. The number of ether oxygens (including phenoxy) is 2. The van der Waals surface area contributed by atoms with Crippen molar-refractivity contribution in [3.05, 3.63) is 89.2 Å². The fourth-order valence-corrected chi connectivity index (χ4v) is 3.91. The largest absolute Gasteiger partial charge is 0.573 e. The highest BCUT2D eigenvalue weighted by molar-refractivity contribution is 5.80. The van der Waals surface area contributed by atoms with E-state index in [-0.39, 0.29) is 47.3 Å². The number of pyridine rings is 1. The Morgan fingerprint density at radius 3 is 2.36 bits per heavy atom. The third kappa shape index (κ3) is 6.27. The van der Waals surface area contributed by atoms with Crippen molar-refractivity contribution in [1.82, 2.24) is 30.0 Å². The molecule has 0 aliphatic heterocycles. The molecule has 0 bridgehead atoms. The van der Waals surface area contributed by atoms with Crippen LogP contribution >= 0.6 is 0 Å². The van der Waals surface area contributed by atoms with E-state index in [9.17, 15) is 26.7 Å². The Hall–Kier alpha value is -5.54. The van der Waals surface area contributed by atoms with Crippen LogP contribution in [0.5, 0.6) is 11.5 Å². The van der Waals surface area contributed by atoms with Gasteiger partial charge in [-0.1, -0.05) is 30.3 Å². The summed E-state index contributed by atoms with van der Waals surface area (Å²) in [6, 6.07) is 12.0. The second kappa shape index (κ2) is 11.1. The lowest BCUT2D eigenvalue weighted by Crippen LogP contribution is -2.27. The molecular formula is C26H19F5N8O3. The molecule has 3 aromatic heterocycles. The van der Waals surface area contributed by atoms with E-state index in [1.165, 1.54) is 18.2 Å². The van der Waals surface area contributed by atoms with Crippen molar-refractivity contribution in [2.24, 2.45) is 0 Å². The minimum absolute atomic E-state index is 0.0270. The molecule has 0 unspecified atom stereocenters. The summed E-state index contributed by atoms with van der Waals surface area (Å²) in [6.07, 6.45) is -4.83. The van der Waals surface area contributed by atoms with Crippen molar-refractivity contribution in [3.8, 4) is 17.4 Å². The number of nitrogens with zero attached hydrogens (tertiary/aromatic N) is 5. The molecule has 0 spiro atoms. The molecule has 0 saturated heterocycles. The first-order chi connectivity index (χ1) is 20.0. The van der Waals surface area contributed by atoms with Crippen LogP contribution in [0.15, 0.2) is 60.8 Å². The van der Waals surface area contributed by atoms with Gasteiger partial charge in [0, 0.05) is 19.0 Å². The summed E-state index contributed by atoms with van der Waals surface area (Å²) in [4.78, 5) is 24.6. The summed E-state index contributed by atoms with van der Waals surface area (Å²) >= 11 is 0. The Kier molecular flexibility index (Phi) is 7.43. The zero-order valence-corrected chi connectivity index (χ0v) is 21.2. The number of aromatic nitrogens is 5. The second-order valence-corrected chi connectivity index (χ2v) is 8.71. The fourth-order valence-electron chi connectivity index (χ4n) is 3.91. The van der Waals surface area contributed by atoms with Gasteiger partial charge in [-0.05, 0) is 29.3 Å². The molecule has 42 heavy (non-hydrogen) atoms. The third-order valence-electron chi connectivity index (χ3n) is 5.76. The van der Waals surface area contributed by atoms with Gasteiger partial charge in [0.15, 0.2) is 11.6 Å². The minimum Gasteiger partial charge on any atom is -0.406 e. The number of nitrogens with two attached hydrogens (primary N) is 2. The number of benzene rings is 2. The predicted octanol–water partition coefficient (Wildman–Crippen LogP) is 4.43. The van der Waals surface area contributed by atoms with Crippen LogP contribution < -0.4 is 26.3 Å². The number of nitrogen functional groups attached to an aromatic ring is 2. The third-order valence-corrected chi connectivity index (χ3v) is 5.76. The standard InChI is InChI=1S/C26H19F5N8O3/c27-15-10-19-20(34-12-15)18(9-14-3-1-2-4-17(14)28)38-39(19)24-36-22(32)21(23(33)37-24)41-25(40)35-11-13-5-7-16(8-6-13)42-26(29,30)31/h1-8,10,12H,9,11H2,(H,35,40)(H4,32,33,36,37). The van der Waals surface area contributed by atoms with Gasteiger partial charge in [-0.25, -0.2) is 18.6 Å². The molecule has 216 valence electrons. The number of fused-ring (bicyclic) bond motifs is 1. The zero-order valence-electron chi connectivity index (χ0n) is 21.2. The smallest absolute Gasteiger partial charge is 0.406 e. The van der Waals surface area contributed by atoms with Gasteiger partial charge in [0.05, 0.1) is 17.4 Å². The van der Waals surface area contributed by atoms with Crippen LogP contribution in [0.1, 0.15) is 16.8 Å². The number of alkyl halides is 3. The maximum absolute atomic E-state index is 14.3. The van der Waals surface area contributed by atoms with Crippen molar-refractivity contribution in [2.45, 2.75) is 19.3 Å². The van der Waals surface area contributed by atoms with E-state index >= 15 is 0 Å². The summed E-state index contributed by atoms with van der Waals surface area (Å²) in [5.74, 6) is -2.85. The number of rotatable bonds is 7. The molecule has 5 N–H and O–H groups in total. The van der Waals surface area contributed by atoms with E-state index in [2.05, 4.69) is 30.1 Å². The van der Waals surface area contributed by atoms with Crippen molar-refractivity contribution in [3.63, 3.8) is 0 Å². The van der Waals surface area contributed by atoms with Gasteiger partial charge in [0.2, 0.25) is 5.75 Å². The van der Waals surface area contributed by atoms with Gasteiger partial charge >= 0.3 is 12.5 Å². The van der Waals surface area contributed by atoms with Crippen LogP contribution in [0.3, 0.4) is 0 Å². The molecule has 1 amide bonds. The van der Waals surface area contributed by atoms with E-state index in [0.717, 1.165) is 29.1 Å². The molecule has 0 fully saturated rings. The molecule has 11 nitrogen and oxygen atoms in total. The minimum atomic E-state index is -4.83. The Labute approximate surface area is 232 Å². The monoisotopic (exact) mass is 586 g/mol. The zero-order chi connectivity index (χ0) is 30.0. The summed E-state index contributed by atoms with van der Waals surface area (Å²) in [7, 11) is 0. The molecule has 5 aromatic rings. The lowest BCUT2D eigenvalue weighted by molar-refractivity contribution is -0.274. The summed E-state index contributed by atoms with van der Waals surface area (Å²) in [5.41, 5.74) is 13.4. The number of hydrogen-bond donors (Lipinski definition) is 3. The first-order valence-corrected chi connectivity index (χ1v) is 12.0. The first-order valence-electron chi connectivity index (χ1n) is 12.0. The molecule has 0 atom stereocenters. The highest BCUT2D eigenvalue weighted by Gasteiger charge is 2.31. The Morgan fingerprint density at radius 1 is 1.00 bits per heavy atom. The van der Waals surface area contributed by atoms with Crippen LogP contribution in [0, 0.1) is 11.6 Å². The molecule has 0 radical (unpaired) electrons. The predicted molar refractivity (Wildman–Crippen MR) is 138 cm³/mol. The number of nitrogens with one attached hydrogen (secondary N) is 1. The van der Waals surface area contributed by atoms with E-state index in [4.69, 9.17) is 16.2 Å². The molecular weight excluding hydrogens is 567 g/mol. The van der Waals surface area contributed by atoms with Gasteiger partial charge < -0.3 is 26.3 Å². The van der Waals surface area contributed by atoms with Gasteiger partial charge in [0.25, 0.3) is 5.95 Å². The lowest BCUT2D eigenvalue weighted by Gasteiger charge is -2.12. The van der Waals surface area contributed by atoms with Crippen molar-refractivity contribution in [2.75, 3.05) is 11.5 Å². The number of amides is 1. The molecule has 3 heterocycles. The molecule has 0 aliphatic carbocycles. The topological polar surface area (TPSA) is 156 Å². The maximum atomic E-state index is 14.3. The Balaban J connectivity index is 1.34. The SMILES string of the molecule is Nc1nc(-n2nc(Cc3ccccc3F)c3ncc(F)cc32)nc(N)c1OC(=O)NCc1ccc(OC(F)(F)F)cc1. The number of anilines is 2. The highest BCUT2D eigenvalue weighted by Crippen LogP contribution is 2.29. The maximum Gasteiger partial charge on any atom is 0.573 e. The molecule has 2 aromatic carbocycles. The summed E-state index contributed by atoms with van der Waals surface area (Å²) in [6.45, 7) is -0.119.